The van der Waals surface area contributed by atoms with Crippen LogP contribution < -0.4 is 0 Å². The molecule has 0 N–H and O–H groups in total. The van der Waals surface area contributed by atoms with E-state index >= 15 is 0 Å². The molecular weight excluding hydrogens is 465 g/mol. The maximum Gasteiger partial charge on any atom is 0 e. The summed E-state index contributed by atoms with van der Waals surface area (Å²) in [5.74, 6) is 0. The average molecular weight is 465 g/mol. The van der Waals surface area contributed by atoms with E-state index in [1.165, 1.54) is 0 Å². The summed E-state index contributed by atoms with van der Waals surface area (Å²) in [7, 11) is 0. The molecule has 0 aliphatic heterocycles. The largest absolute Gasteiger partial charge is 0 e. The number of rotatable bonds is 0. The quantitative estimate of drug-likeness (QED) is 0.409. The van der Waals surface area contributed by atoms with Gasteiger partial charge >= 0.3 is 23.2 Å². The predicted molar refractivity (Wildman–Crippen MR) is 17.9 cm³/mol. The molecule has 1 nitrogen and oxygen atoms in total. The van der Waals surface area contributed by atoms with Crippen molar-refractivity contribution in [3.05, 3.63) is 0 Å². The van der Waals surface area contributed by atoms with Crippen molar-refractivity contribution in [2.75, 3.05) is 0 Å². The van der Waals surface area contributed by atoms with Crippen molar-refractivity contribution in [2.45, 2.75) is 0 Å². The zero-order valence-corrected chi connectivity index (χ0v) is 16.0. The van der Waals surface area contributed by atoms with E-state index in [0.717, 1.165) is 0 Å². The Balaban J connectivity index is -0.00000000167. The molecule has 0 unspecified atom stereocenters. The van der Waals surface area contributed by atoms with Gasteiger partial charge in [-0.15, -0.1) is 0 Å². The molecule has 0 aromatic rings. The summed E-state index contributed by atoms with van der Waals surface area (Å²) in [6.45, 7) is 0. The van der Waals surface area contributed by atoms with Crippen LogP contribution in [0.3, 0.4) is 0 Å². The summed E-state index contributed by atoms with van der Waals surface area (Å²) in [5, 5.41) is 0. The van der Waals surface area contributed by atoms with Crippen molar-refractivity contribution in [3.63, 3.8) is 0 Å². The molecule has 0 amide bonds. The molecule has 0 saturated carbocycles. The van der Waals surface area contributed by atoms with Crippen molar-refractivity contribution >= 4 is 132 Å². The first-order valence-corrected chi connectivity index (χ1v) is 1.36. The summed E-state index contributed by atoms with van der Waals surface area (Å²) in [6.07, 6.45) is 0. The first-order valence-electron chi connectivity index (χ1n) is 0.167. The van der Waals surface area contributed by atoms with Crippen LogP contribution >= 0.6 is 0 Å². The Hall–Kier alpha value is 4.80. The van der Waals surface area contributed by atoms with Gasteiger partial charge in [0, 0.05) is 132 Å². The van der Waals surface area contributed by atoms with Crippen LogP contribution in [-0.4, -0.2) is 132 Å². The minimum Gasteiger partial charge on any atom is 0 e. The van der Waals surface area contributed by atoms with Crippen molar-refractivity contribution in [2.24, 2.45) is 0 Å². The average Bonchev–Trinajstić information content (AvgIpc) is 1.00. The molecule has 6 radical (unpaired) electrons. The van der Waals surface area contributed by atoms with Crippen LogP contribution in [0.5, 0.6) is 0 Å². The fourth-order valence-corrected chi connectivity index (χ4v) is 0. The molecule has 18 valence electrons. The monoisotopic (exact) mass is 466 g/mol. The third kappa shape index (κ3) is 17.7. The first-order chi connectivity index (χ1) is 1.00. The molecule has 0 saturated heterocycles. The summed E-state index contributed by atoms with van der Waals surface area (Å²) in [5.41, 5.74) is 0. The van der Waals surface area contributed by atoms with E-state index in [2.05, 4.69) is 0 Å². The number of hydrogen-bond donors (Lipinski definition) is 0. The molecule has 0 spiro atoms. The smallest absolute Gasteiger partial charge is 0 e. The molecule has 0 fully saturated rings. The Morgan fingerprint density at radius 2 is 1.20 bits per heavy atom. The Morgan fingerprint density at radius 1 is 1.20 bits per heavy atom. The molecule has 0 aromatic heterocycles. The molecule has 5 heavy (non-hydrogen) atoms. The minimum absolute atomic E-state index is 0. The van der Waals surface area contributed by atoms with E-state index < -0.39 is 0 Å². The maximum absolute atomic E-state index is 8.33. The molecule has 5 heteroatoms. The van der Waals surface area contributed by atoms with Crippen molar-refractivity contribution in [3.8, 4) is 0 Å². The van der Waals surface area contributed by atoms with Gasteiger partial charge in [0.1, 0.15) is 0 Å². The third-order valence-electron chi connectivity index (χ3n) is 0. The van der Waals surface area contributed by atoms with Gasteiger partial charge in [-0.2, -0.15) is 0 Å². The second-order valence-corrected chi connectivity index (χ2v) is 0. The second kappa shape index (κ2) is 23.2. The van der Waals surface area contributed by atoms with Crippen LogP contribution in [0.15, 0.2) is 0 Å². The maximum atomic E-state index is 8.33. The standard InChI is InChI=1S/Ba.Ca.O.Sr.W. The van der Waals surface area contributed by atoms with Gasteiger partial charge in [-0.25, -0.2) is 0 Å². The molecule has 0 aromatic carbocycles. The Kier molecular flexibility index (Phi) is 105. The Labute approximate surface area is 150 Å². The zero-order valence-electron chi connectivity index (χ0n) is 2.94. The van der Waals surface area contributed by atoms with Gasteiger partial charge in [0.15, 0.2) is 0 Å². The van der Waals surface area contributed by atoms with Gasteiger partial charge in [0.2, 0.25) is 0 Å². The minimum atomic E-state index is 0. The van der Waals surface area contributed by atoms with Crippen LogP contribution in [0.25, 0.3) is 0 Å². The SMILES string of the molecule is [Ba].[Ca].[O]=[W].[Sr]. The topological polar surface area (TPSA) is 17.1 Å². The summed E-state index contributed by atoms with van der Waals surface area (Å²) in [6, 6.07) is 0. The molecule has 0 atom stereocenters. The first kappa shape index (κ1) is 22.6. The summed E-state index contributed by atoms with van der Waals surface area (Å²) in [4.78, 5) is 0. The van der Waals surface area contributed by atoms with Gasteiger partial charge < -0.3 is 0 Å². The normalized spacial score (nSPS) is 0.800. The van der Waals surface area contributed by atoms with E-state index in [9.17, 15) is 0 Å². The van der Waals surface area contributed by atoms with Gasteiger partial charge in [-0.3, -0.25) is 0 Å². The van der Waals surface area contributed by atoms with Crippen molar-refractivity contribution < 1.29 is 23.2 Å². The molecule has 0 rings (SSSR count). The molecule has 0 aliphatic rings. The van der Waals surface area contributed by atoms with Gasteiger partial charge in [-0.1, -0.05) is 0 Å². The predicted octanol–water partition coefficient (Wildman–Crippen LogP) is -1.26. The van der Waals surface area contributed by atoms with E-state index in [1.54, 1.807) is 0 Å². The summed E-state index contributed by atoms with van der Waals surface area (Å²) >= 11 is 0.333. The zero-order chi connectivity index (χ0) is 2.00. The van der Waals surface area contributed by atoms with Crippen LogP contribution in [0.1, 0.15) is 0 Å². The second-order valence-electron chi connectivity index (χ2n) is 0. The van der Waals surface area contributed by atoms with Crippen molar-refractivity contribution in [1.82, 2.24) is 0 Å². The van der Waals surface area contributed by atoms with Crippen molar-refractivity contribution in [1.29, 1.82) is 0 Å². The molecule has 0 aliphatic carbocycles. The van der Waals surface area contributed by atoms with E-state index in [1.807, 2.05) is 0 Å². The Morgan fingerprint density at radius 3 is 1.20 bits per heavy atom. The fourth-order valence-electron chi connectivity index (χ4n) is 0. The molecule has 0 bridgehead atoms. The van der Waals surface area contributed by atoms with Gasteiger partial charge in [0.25, 0.3) is 0 Å². The van der Waals surface area contributed by atoms with E-state index in [-0.39, 0.29) is 132 Å². The molecule has 0 heterocycles. The Bertz CT molecular complexity index is 11.6. The molecular formula is BaCaOSrW. The number of hydrogen-bond acceptors (Lipinski definition) is 1. The third-order valence-corrected chi connectivity index (χ3v) is 0. The van der Waals surface area contributed by atoms with Crippen LogP contribution in [0.4, 0.5) is 0 Å². The van der Waals surface area contributed by atoms with Crippen LogP contribution in [0, 0.1) is 0 Å². The van der Waals surface area contributed by atoms with Gasteiger partial charge in [0.05, 0.1) is 0 Å². The van der Waals surface area contributed by atoms with E-state index in [4.69, 9.17) is 3.40 Å². The fraction of sp³-hybridized carbons (Fsp3) is 0. The van der Waals surface area contributed by atoms with Gasteiger partial charge in [-0.05, 0) is 0 Å². The van der Waals surface area contributed by atoms with E-state index in [0.29, 0.717) is 19.8 Å². The van der Waals surface area contributed by atoms with Crippen LogP contribution in [-0.2, 0) is 23.2 Å². The summed E-state index contributed by atoms with van der Waals surface area (Å²) < 4.78 is 8.33. The van der Waals surface area contributed by atoms with Crippen LogP contribution in [0.2, 0.25) is 0 Å².